The van der Waals surface area contributed by atoms with Crippen molar-refractivity contribution in [2.45, 2.75) is 19.6 Å². The number of rotatable bonds is 5. The molecule has 20 heavy (non-hydrogen) atoms. The normalized spacial score (nSPS) is 12.2. The van der Waals surface area contributed by atoms with E-state index in [9.17, 15) is 13.6 Å². The number of hydrogen-bond donors (Lipinski definition) is 2. The molecular weight excluding hydrogens is 270 g/mol. The molecular formula is C12H12F2N4O2. The second kappa shape index (κ2) is 6.09. The van der Waals surface area contributed by atoms with Gasteiger partial charge in [-0.3, -0.25) is 9.89 Å². The number of nitrogens with zero attached hydrogens (tertiary/aromatic N) is 2. The van der Waals surface area contributed by atoms with Crippen LogP contribution in [0.3, 0.4) is 0 Å². The molecule has 0 aliphatic carbocycles. The first kappa shape index (κ1) is 13.9. The minimum absolute atomic E-state index is 0.0212. The zero-order valence-electron chi connectivity index (χ0n) is 10.5. The number of ether oxygens (including phenoxy) is 1. The third-order valence-corrected chi connectivity index (χ3v) is 2.58. The summed E-state index contributed by atoms with van der Waals surface area (Å²) >= 11 is 0. The lowest BCUT2D eigenvalue weighted by atomic mass is 10.1. The summed E-state index contributed by atoms with van der Waals surface area (Å²) in [4.78, 5) is 15.5. The summed E-state index contributed by atoms with van der Waals surface area (Å²) in [6, 6.07) is 5.74. The number of aromatic amines is 1. The molecule has 1 atom stereocenters. The fraction of sp³-hybridized carbons (Fsp3) is 0.250. The summed E-state index contributed by atoms with van der Waals surface area (Å²) in [6.45, 7) is -1.27. The maximum Gasteiger partial charge on any atom is 0.387 e. The van der Waals surface area contributed by atoms with Gasteiger partial charge in [0.05, 0.1) is 6.04 Å². The Bertz CT molecular complexity index is 575. The van der Waals surface area contributed by atoms with Crippen LogP contribution in [0.2, 0.25) is 0 Å². The SMILES string of the molecule is CC(NC(=O)c1ncn[nH]1)c1ccccc1OC(F)F. The number of aromatic nitrogens is 3. The monoisotopic (exact) mass is 282 g/mol. The van der Waals surface area contributed by atoms with Gasteiger partial charge in [0.2, 0.25) is 5.82 Å². The van der Waals surface area contributed by atoms with Gasteiger partial charge in [0.25, 0.3) is 5.91 Å². The number of alkyl halides is 2. The first-order valence-electron chi connectivity index (χ1n) is 5.78. The molecule has 0 saturated carbocycles. The van der Waals surface area contributed by atoms with Crippen LogP contribution in [0, 0.1) is 0 Å². The third kappa shape index (κ3) is 3.28. The predicted molar refractivity (Wildman–Crippen MR) is 65.3 cm³/mol. The van der Waals surface area contributed by atoms with Crippen LogP contribution in [-0.2, 0) is 0 Å². The summed E-state index contributed by atoms with van der Waals surface area (Å²) in [7, 11) is 0. The van der Waals surface area contributed by atoms with Crippen molar-refractivity contribution in [1.29, 1.82) is 0 Å². The van der Waals surface area contributed by atoms with E-state index >= 15 is 0 Å². The van der Waals surface area contributed by atoms with Crippen molar-refractivity contribution in [1.82, 2.24) is 20.5 Å². The molecule has 0 radical (unpaired) electrons. The molecule has 0 aliphatic rings. The van der Waals surface area contributed by atoms with E-state index in [1.165, 1.54) is 12.4 Å². The number of carbonyl (C=O) groups excluding carboxylic acids is 1. The number of amides is 1. The van der Waals surface area contributed by atoms with Crippen LogP contribution in [0.5, 0.6) is 5.75 Å². The van der Waals surface area contributed by atoms with Crippen molar-refractivity contribution in [3.05, 3.63) is 42.0 Å². The minimum Gasteiger partial charge on any atom is -0.434 e. The Morgan fingerprint density at radius 2 is 2.15 bits per heavy atom. The zero-order chi connectivity index (χ0) is 14.5. The van der Waals surface area contributed by atoms with E-state index in [-0.39, 0.29) is 11.6 Å². The van der Waals surface area contributed by atoms with Crippen LogP contribution < -0.4 is 10.1 Å². The molecule has 1 aromatic heterocycles. The zero-order valence-corrected chi connectivity index (χ0v) is 10.5. The van der Waals surface area contributed by atoms with E-state index in [0.717, 1.165) is 0 Å². The molecule has 0 bridgehead atoms. The first-order valence-corrected chi connectivity index (χ1v) is 5.78. The lowest BCUT2D eigenvalue weighted by Gasteiger charge is -2.17. The van der Waals surface area contributed by atoms with Crippen LogP contribution in [0.1, 0.15) is 29.1 Å². The Hall–Kier alpha value is -2.51. The molecule has 1 aromatic carbocycles. The van der Waals surface area contributed by atoms with E-state index in [1.54, 1.807) is 25.1 Å². The van der Waals surface area contributed by atoms with Gasteiger partial charge < -0.3 is 10.1 Å². The summed E-state index contributed by atoms with van der Waals surface area (Å²) in [5.41, 5.74) is 0.445. The Kier molecular flexibility index (Phi) is 4.24. The number of nitrogens with one attached hydrogen (secondary N) is 2. The van der Waals surface area contributed by atoms with Crippen LogP contribution in [0.25, 0.3) is 0 Å². The maximum absolute atomic E-state index is 12.3. The van der Waals surface area contributed by atoms with Crippen LogP contribution in [0.4, 0.5) is 8.78 Å². The van der Waals surface area contributed by atoms with Crippen molar-refractivity contribution in [2.75, 3.05) is 0 Å². The average Bonchev–Trinajstić information content (AvgIpc) is 2.92. The lowest BCUT2D eigenvalue weighted by molar-refractivity contribution is -0.0506. The van der Waals surface area contributed by atoms with Crippen LogP contribution in [-0.4, -0.2) is 27.7 Å². The van der Waals surface area contributed by atoms with E-state index in [4.69, 9.17) is 0 Å². The van der Waals surface area contributed by atoms with Gasteiger partial charge in [-0.05, 0) is 13.0 Å². The standard InChI is InChI=1S/C12H12F2N4O2/c1-7(17-11(19)10-15-6-16-18-10)8-4-2-3-5-9(8)20-12(13)14/h2-7,12H,1H3,(H,17,19)(H,15,16,18). The second-order valence-electron chi connectivity index (χ2n) is 3.95. The highest BCUT2D eigenvalue weighted by Gasteiger charge is 2.18. The maximum atomic E-state index is 12.3. The van der Waals surface area contributed by atoms with E-state index < -0.39 is 18.6 Å². The van der Waals surface area contributed by atoms with Gasteiger partial charge >= 0.3 is 6.61 Å². The highest BCUT2D eigenvalue weighted by molar-refractivity contribution is 5.90. The average molecular weight is 282 g/mol. The van der Waals surface area contributed by atoms with Gasteiger partial charge in [0.15, 0.2) is 0 Å². The number of carbonyl (C=O) groups is 1. The highest BCUT2D eigenvalue weighted by Crippen LogP contribution is 2.26. The van der Waals surface area contributed by atoms with Crippen LogP contribution >= 0.6 is 0 Å². The smallest absolute Gasteiger partial charge is 0.387 e. The molecule has 2 aromatic rings. The Morgan fingerprint density at radius 3 is 2.80 bits per heavy atom. The first-order chi connectivity index (χ1) is 9.58. The summed E-state index contributed by atoms with van der Waals surface area (Å²) in [5.74, 6) is -0.418. The molecule has 0 fully saturated rings. The number of hydrogen-bond acceptors (Lipinski definition) is 4. The lowest BCUT2D eigenvalue weighted by Crippen LogP contribution is -2.28. The quantitative estimate of drug-likeness (QED) is 0.877. The molecule has 2 N–H and O–H groups in total. The van der Waals surface area contributed by atoms with E-state index in [1.807, 2.05) is 0 Å². The molecule has 1 heterocycles. The van der Waals surface area contributed by atoms with Crippen molar-refractivity contribution in [3.8, 4) is 5.75 Å². The molecule has 1 unspecified atom stereocenters. The molecule has 0 aliphatic heterocycles. The number of H-pyrrole nitrogens is 1. The molecule has 106 valence electrons. The van der Waals surface area contributed by atoms with Crippen molar-refractivity contribution < 1.29 is 18.3 Å². The van der Waals surface area contributed by atoms with Gasteiger partial charge in [-0.25, -0.2) is 4.98 Å². The van der Waals surface area contributed by atoms with Gasteiger partial charge in [-0.15, -0.1) is 0 Å². The fourth-order valence-corrected chi connectivity index (χ4v) is 1.70. The predicted octanol–water partition coefficient (Wildman–Crippen LogP) is 1.90. The molecule has 8 heteroatoms. The van der Waals surface area contributed by atoms with Crippen molar-refractivity contribution >= 4 is 5.91 Å². The van der Waals surface area contributed by atoms with E-state index in [2.05, 4.69) is 25.2 Å². The molecule has 0 spiro atoms. The van der Waals surface area contributed by atoms with Gasteiger partial charge in [-0.1, -0.05) is 18.2 Å². The van der Waals surface area contributed by atoms with Crippen molar-refractivity contribution in [2.24, 2.45) is 0 Å². The summed E-state index contributed by atoms with van der Waals surface area (Å²) < 4.78 is 29.1. The molecule has 1 amide bonds. The number of para-hydroxylation sites is 1. The molecule has 2 rings (SSSR count). The minimum atomic E-state index is -2.92. The fourth-order valence-electron chi connectivity index (χ4n) is 1.70. The van der Waals surface area contributed by atoms with Gasteiger partial charge in [0, 0.05) is 5.56 Å². The summed E-state index contributed by atoms with van der Waals surface area (Å²) in [5, 5.41) is 8.59. The topological polar surface area (TPSA) is 79.9 Å². The second-order valence-corrected chi connectivity index (χ2v) is 3.95. The van der Waals surface area contributed by atoms with Gasteiger partial charge in [-0.2, -0.15) is 13.9 Å². The number of halogens is 2. The largest absolute Gasteiger partial charge is 0.434 e. The van der Waals surface area contributed by atoms with Crippen LogP contribution in [0.15, 0.2) is 30.6 Å². The Morgan fingerprint density at radius 1 is 1.40 bits per heavy atom. The highest BCUT2D eigenvalue weighted by atomic mass is 19.3. The number of benzene rings is 1. The molecule has 6 nitrogen and oxygen atoms in total. The third-order valence-electron chi connectivity index (χ3n) is 2.58. The Balaban J connectivity index is 2.13. The Labute approximate surface area is 113 Å². The van der Waals surface area contributed by atoms with Gasteiger partial charge in [0.1, 0.15) is 12.1 Å². The van der Waals surface area contributed by atoms with E-state index in [0.29, 0.717) is 5.56 Å². The molecule has 0 saturated heterocycles. The summed E-state index contributed by atoms with van der Waals surface area (Å²) in [6.07, 6.45) is 1.20. The van der Waals surface area contributed by atoms with Crippen molar-refractivity contribution in [3.63, 3.8) is 0 Å².